The van der Waals surface area contributed by atoms with Gasteiger partial charge in [-0.05, 0) is 42.0 Å². The van der Waals surface area contributed by atoms with Crippen LogP contribution in [-0.4, -0.2) is 7.05 Å². The first-order valence-corrected chi connectivity index (χ1v) is 8.30. The van der Waals surface area contributed by atoms with Gasteiger partial charge in [0.1, 0.15) is 11.6 Å². The molecule has 122 valence electrons. The van der Waals surface area contributed by atoms with Gasteiger partial charge >= 0.3 is 0 Å². The zero-order chi connectivity index (χ0) is 17.0. The van der Waals surface area contributed by atoms with Gasteiger partial charge in [0.15, 0.2) is 0 Å². The summed E-state index contributed by atoms with van der Waals surface area (Å²) in [6.07, 6.45) is 3.96. The molecule has 0 fully saturated rings. The fraction of sp³-hybridized carbons (Fsp3) is 0.0909. The predicted molar refractivity (Wildman–Crippen MR) is 98.0 cm³/mol. The SMILES string of the molecule is CN1c2ccccc2-c2ccccc2C12C=Cc1cc(F)ccc1O2. The lowest BCUT2D eigenvalue weighted by molar-refractivity contribution is 0.116. The lowest BCUT2D eigenvalue weighted by Crippen LogP contribution is -2.50. The number of nitrogens with zero attached hydrogens (tertiary/aromatic N) is 1. The van der Waals surface area contributed by atoms with Gasteiger partial charge in [0.25, 0.3) is 0 Å². The fourth-order valence-corrected chi connectivity index (χ4v) is 3.86. The summed E-state index contributed by atoms with van der Waals surface area (Å²) in [5.41, 5.74) is 4.56. The van der Waals surface area contributed by atoms with Crippen LogP contribution in [0.4, 0.5) is 10.1 Å². The van der Waals surface area contributed by atoms with E-state index in [-0.39, 0.29) is 5.82 Å². The molecule has 0 saturated carbocycles. The minimum absolute atomic E-state index is 0.259. The molecule has 0 bridgehead atoms. The van der Waals surface area contributed by atoms with Gasteiger partial charge < -0.3 is 9.64 Å². The molecule has 2 aliphatic rings. The molecule has 2 nitrogen and oxygen atoms in total. The number of anilines is 1. The third kappa shape index (κ3) is 1.89. The summed E-state index contributed by atoms with van der Waals surface area (Å²) in [7, 11) is 2.04. The van der Waals surface area contributed by atoms with Crippen molar-refractivity contribution in [1.29, 1.82) is 0 Å². The first-order chi connectivity index (χ1) is 12.2. The van der Waals surface area contributed by atoms with E-state index in [4.69, 9.17) is 4.74 Å². The molecular weight excluding hydrogens is 313 g/mol. The Balaban J connectivity index is 1.77. The average molecular weight is 329 g/mol. The number of fused-ring (bicyclic) bond motifs is 5. The lowest BCUT2D eigenvalue weighted by Gasteiger charge is -2.47. The van der Waals surface area contributed by atoms with E-state index in [1.807, 2.05) is 37.4 Å². The van der Waals surface area contributed by atoms with Gasteiger partial charge in [-0.2, -0.15) is 0 Å². The van der Waals surface area contributed by atoms with Gasteiger partial charge in [-0.1, -0.05) is 42.5 Å². The Morgan fingerprint density at radius 1 is 0.920 bits per heavy atom. The quantitative estimate of drug-likeness (QED) is 0.562. The summed E-state index contributed by atoms with van der Waals surface area (Å²) < 4.78 is 20.0. The Bertz CT molecular complexity index is 1030. The molecule has 2 heterocycles. The van der Waals surface area contributed by atoms with E-state index in [1.54, 1.807) is 6.07 Å². The molecule has 1 spiro atoms. The number of hydrogen-bond donors (Lipinski definition) is 0. The Hall–Kier alpha value is -3.07. The third-order valence-electron chi connectivity index (χ3n) is 5.09. The van der Waals surface area contributed by atoms with E-state index < -0.39 is 5.72 Å². The summed E-state index contributed by atoms with van der Waals surface area (Å²) in [4.78, 5) is 2.15. The molecule has 0 aromatic heterocycles. The van der Waals surface area contributed by atoms with E-state index in [0.717, 1.165) is 22.4 Å². The summed E-state index contributed by atoms with van der Waals surface area (Å²) >= 11 is 0. The fourth-order valence-electron chi connectivity index (χ4n) is 3.86. The first-order valence-electron chi connectivity index (χ1n) is 8.30. The van der Waals surface area contributed by atoms with Crippen LogP contribution in [0.25, 0.3) is 17.2 Å². The zero-order valence-corrected chi connectivity index (χ0v) is 13.7. The number of benzene rings is 3. The van der Waals surface area contributed by atoms with Crippen molar-refractivity contribution in [3.63, 3.8) is 0 Å². The molecule has 0 saturated heterocycles. The van der Waals surface area contributed by atoms with Crippen molar-refractivity contribution in [2.24, 2.45) is 0 Å². The molecule has 0 radical (unpaired) electrons. The van der Waals surface area contributed by atoms with Crippen molar-refractivity contribution in [2.75, 3.05) is 11.9 Å². The standard InChI is InChI=1S/C22H16FNO/c1-24-20-9-5-3-7-18(20)17-6-2-4-8-19(17)22(24)13-12-15-14-16(23)10-11-21(15)25-22/h2-14H,1H3. The molecule has 25 heavy (non-hydrogen) atoms. The molecule has 3 aromatic rings. The summed E-state index contributed by atoms with van der Waals surface area (Å²) in [6, 6.07) is 21.3. The Morgan fingerprint density at radius 2 is 1.68 bits per heavy atom. The molecule has 1 atom stereocenters. The molecule has 3 aromatic carbocycles. The van der Waals surface area contributed by atoms with Crippen LogP contribution in [0, 0.1) is 5.82 Å². The van der Waals surface area contributed by atoms with Crippen LogP contribution in [0.15, 0.2) is 72.8 Å². The van der Waals surface area contributed by atoms with E-state index >= 15 is 0 Å². The smallest absolute Gasteiger partial charge is 0.229 e. The summed E-state index contributed by atoms with van der Waals surface area (Å²) in [6.45, 7) is 0. The molecule has 0 aliphatic carbocycles. The second-order valence-electron chi connectivity index (χ2n) is 6.44. The number of likely N-dealkylation sites (N-methyl/N-ethyl adjacent to an activating group) is 1. The number of rotatable bonds is 0. The van der Waals surface area contributed by atoms with E-state index in [1.165, 1.54) is 17.7 Å². The van der Waals surface area contributed by atoms with Crippen LogP contribution >= 0.6 is 0 Å². The van der Waals surface area contributed by atoms with Crippen molar-refractivity contribution in [3.05, 3.63) is 89.8 Å². The number of ether oxygens (including phenoxy) is 1. The summed E-state index contributed by atoms with van der Waals surface area (Å²) in [5.74, 6) is 0.427. The summed E-state index contributed by atoms with van der Waals surface area (Å²) in [5, 5.41) is 0. The normalized spacial score (nSPS) is 19.8. The Kier molecular flexibility index (Phi) is 2.84. The highest BCUT2D eigenvalue weighted by atomic mass is 19.1. The molecule has 0 amide bonds. The number of para-hydroxylation sites is 1. The monoisotopic (exact) mass is 329 g/mol. The Labute approximate surface area is 145 Å². The van der Waals surface area contributed by atoms with Crippen molar-refractivity contribution in [1.82, 2.24) is 0 Å². The maximum absolute atomic E-state index is 13.5. The highest BCUT2D eigenvalue weighted by Gasteiger charge is 2.44. The van der Waals surface area contributed by atoms with Gasteiger partial charge in [-0.15, -0.1) is 0 Å². The van der Waals surface area contributed by atoms with Crippen LogP contribution in [0.2, 0.25) is 0 Å². The van der Waals surface area contributed by atoms with Crippen LogP contribution in [0.5, 0.6) is 5.75 Å². The first kappa shape index (κ1) is 14.3. The maximum Gasteiger partial charge on any atom is 0.229 e. The topological polar surface area (TPSA) is 12.5 Å². The lowest BCUT2D eigenvalue weighted by atomic mass is 9.84. The van der Waals surface area contributed by atoms with Crippen LogP contribution < -0.4 is 9.64 Å². The molecule has 0 N–H and O–H groups in total. The number of halogens is 1. The largest absolute Gasteiger partial charge is 0.459 e. The second-order valence-corrected chi connectivity index (χ2v) is 6.44. The number of hydrogen-bond acceptors (Lipinski definition) is 2. The van der Waals surface area contributed by atoms with Gasteiger partial charge in [-0.25, -0.2) is 4.39 Å². The van der Waals surface area contributed by atoms with Gasteiger partial charge in [0, 0.05) is 29.4 Å². The highest BCUT2D eigenvalue weighted by Crippen LogP contribution is 2.50. The van der Waals surface area contributed by atoms with Gasteiger partial charge in [0.2, 0.25) is 5.72 Å². The van der Waals surface area contributed by atoms with E-state index in [0.29, 0.717) is 5.75 Å². The molecular formula is C22H16FNO. The third-order valence-corrected chi connectivity index (χ3v) is 5.09. The van der Waals surface area contributed by atoms with E-state index in [2.05, 4.69) is 35.2 Å². The molecule has 3 heteroatoms. The van der Waals surface area contributed by atoms with Crippen molar-refractivity contribution < 1.29 is 9.13 Å². The van der Waals surface area contributed by atoms with Crippen molar-refractivity contribution in [2.45, 2.75) is 5.72 Å². The minimum atomic E-state index is -0.740. The molecule has 5 rings (SSSR count). The average Bonchev–Trinajstić information content (AvgIpc) is 2.66. The molecule has 1 unspecified atom stereocenters. The Morgan fingerprint density at radius 3 is 2.56 bits per heavy atom. The minimum Gasteiger partial charge on any atom is -0.459 e. The van der Waals surface area contributed by atoms with Gasteiger partial charge in [-0.3, -0.25) is 0 Å². The van der Waals surface area contributed by atoms with Crippen LogP contribution in [0.3, 0.4) is 0 Å². The highest BCUT2D eigenvalue weighted by molar-refractivity contribution is 5.86. The van der Waals surface area contributed by atoms with Crippen molar-refractivity contribution >= 4 is 11.8 Å². The maximum atomic E-state index is 13.5. The zero-order valence-electron chi connectivity index (χ0n) is 13.7. The predicted octanol–water partition coefficient (Wildman–Crippen LogP) is 5.20. The van der Waals surface area contributed by atoms with Gasteiger partial charge in [0.05, 0.1) is 0 Å². The van der Waals surface area contributed by atoms with Crippen molar-refractivity contribution in [3.8, 4) is 16.9 Å². The van der Waals surface area contributed by atoms with Crippen LogP contribution in [0.1, 0.15) is 11.1 Å². The molecule has 2 aliphatic heterocycles. The second kappa shape index (κ2) is 4.96. The van der Waals surface area contributed by atoms with E-state index in [9.17, 15) is 4.39 Å². The van der Waals surface area contributed by atoms with Crippen LogP contribution in [-0.2, 0) is 5.72 Å².